The minimum atomic E-state index is -0.808. The maximum Gasteiger partial charge on any atom is 0.241 e. The molecule has 0 saturated heterocycles. The SMILES string of the molecule is CCN(CC(C)(C)O)C(C)C(=O)Nc1ccccc1. The van der Waals surface area contributed by atoms with Crippen molar-refractivity contribution in [3.8, 4) is 0 Å². The van der Waals surface area contributed by atoms with Crippen LogP contribution in [0.1, 0.15) is 27.7 Å². The molecular formula is C15H24N2O2. The number of nitrogens with one attached hydrogen (secondary N) is 1. The van der Waals surface area contributed by atoms with Crippen LogP contribution in [-0.4, -0.2) is 40.6 Å². The second-order valence-corrected chi connectivity index (χ2v) is 5.41. The number of carbonyl (C=O) groups is 1. The van der Waals surface area contributed by atoms with Crippen LogP contribution in [0.5, 0.6) is 0 Å². The van der Waals surface area contributed by atoms with E-state index in [1.54, 1.807) is 13.8 Å². The Kier molecular flexibility index (Phi) is 5.51. The summed E-state index contributed by atoms with van der Waals surface area (Å²) in [4.78, 5) is 14.1. The van der Waals surface area contributed by atoms with Crippen molar-refractivity contribution in [3.05, 3.63) is 30.3 Å². The molecule has 0 spiro atoms. The van der Waals surface area contributed by atoms with E-state index in [1.807, 2.05) is 49.1 Å². The molecule has 1 atom stereocenters. The van der Waals surface area contributed by atoms with Crippen molar-refractivity contribution in [1.82, 2.24) is 4.90 Å². The van der Waals surface area contributed by atoms with Crippen LogP contribution >= 0.6 is 0 Å². The molecule has 2 N–H and O–H groups in total. The average Bonchev–Trinajstić information content (AvgIpc) is 2.35. The topological polar surface area (TPSA) is 52.6 Å². The van der Waals surface area contributed by atoms with Gasteiger partial charge in [0.25, 0.3) is 0 Å². The van der Waals surface area contributed by atoms with Gasteiger partial charge in [0.15, 0.2) is 0 Å². The molecule has 0 aromatic heterocycles. The summed E-state index contributed by atoms with van der Waals surface area (Å²) < 4.78 is 0. The fourth-order valence-electron chi connectivity index (χ4n) is 1.95. The lowest BCUT2D eigenvalue weighted by Gasteiger charge is -2.32. The Balaban J connectivity index is 2.64. The van der Waals surface area contributed by atoms with E-state index < -0.39 is 5.60 Å². The van der Waals surface area contributed by atoms with Crippen molar-refractivity contribution in [3.63, 3.8) is 0 Å². The van der Waals surface area contributed by atoms with E-state index >= 15 is 0 Å². The predicted molar refractivity (Wildman–Crippen MR) is 78.1 cm³/mol. The average molecular weight is 264 g/mol. The molecular weight excluding hydrogens is 240 g/mol. The summed E-state index contributed by atoms with van der Waals surface area (Å²) >= 11 is 0. The number of benzene rings is 1. The Morgan fingerprint density at radius 2 is 1.95 bits per heavy atom. The van der Waals surface area contributed by atoms with Gasteiger partial charge in [-0.25, -0.2) is 0 Å². The Labute approximate surface area is 115 Å². The van der Waals surface area contributed by atoms with Crippen molar-refractivity contribution in [1.29, 1.82) is 0 Å². The highest BCUT2D eigenvalue weighted by molar-refractivity contribution is 5.94. The summed E-state index contributed by atoms with van der Waals surface area (Å²) in [5, 5.41) is 12.7. The van der Waals surface area contributed by atoms with Crippen LogP contribution in [-0.2, 0) is 4.79 Å². The molecule has 106 valence electrons. The van der Waals surface area contributed by atoms with Crippen LogP contribution in [0.3, 0.4) is 0 Å². The number of amides is 1. The molecule has 1 unspecified atom stereocenters. The lowest BCUT2D eigenvalue weighted by atomic mass is 10.1. The van der Waals surface area contributed by atoms with Gasteiger partial charge < -0.3 is 10.4 Å². The Morgan fingerprint density at radius 1 is 1.37 bits per heavy atom. The summed E-state index contributed by atoms with van der Waals surface area (Å²) in [6, 6.07) is 9.11. The maximum absolute atomic E-state index is 12.2. The standard InChI is InChI=1S/C15H24N2O2/c1-5-17(11-15(3,4)19)12(2)14(18)16-13-9-7-6-8-10-13/h6-10,12,19H,5,11H2,1-4H3,(H,16,18). The van der Waals surface area contributed by atoms with Gasteiger partial charge in [0, 0.05) is 12.2 Å². The number of anilines is 1. The highest BCUT2D eigenvalue weighted by Gasteiger charge is 2.25. The maximum atomic E-state index is 12.2. The molecule has 0 radical (unpaired) electrons. The van der Waals surface area contributed by atoms with Gasteiger partial charge in [0.1, 0.15) is 0 Å². The molecule has 4 heteroatoms. The first-order valence-electron chi connectivity index (χ1n) is 6.66. The summed E-state index contributed by atoms with van der Waals surface area (Å²) in [7, 11) is 0. The smallest absolute Gasteiger partial charge is 0.241 e. The molecule has 0 aliphatic rings. The summed E-state index contributed by atoms with van der Waals surface area (Å²) in [5.41, 5.74) is -0.0178. The molecule has 1 aromatic carbocycles. The van der Waals surface area contributed by atoms with E-state index in [-0.39, 0.29) is 11.9 Å². The van der Waals surface area contributed by atoms with Crippen molar-refractivity contribution in [2.75, 3.05) is 18.4 Å². The van der Waals surface area contributed by atoms with Crippen molar-refractivity contribution >= 4 is 11.6 Å². The molecule has 1 rings (SSSR count). The van der Waals surface area contributed by atoms with Crippen LogP contribution < -0.4 is 5.32 Å². The number of likely N-dealkylation sites (N-methyl/N-ethyl adjacent to an activating group) is 1. The summed E-state index contributed by atoms with van der Waals surface area (Å²) in [6.45, 7) is 8.51. The molecule has 0 heterocycles. The molecule has 0 fully saturated rings. The highest BCUT2D eigenvalue weighted by Crippen LogP contribution is 2.11. The minimum absolute atomic E-state index is 0.0581. The van der Waals surface area contributed by atoms with Crippen molar-refractivity contribution in [2.45, 2.75) is 39.3 Å². The van der Waals surface area contributed by atoms with Crippen LogP contribution in [0.2, 0.25) is 0 Å². The van der Waals surface area contributed by atoms with Gasteiger partial charge in [-0.3, -0.25) is 9.69 Å². The first-order chi connectivity index (χ1) is 8.83. The van der Waals surface area contributed by atoms with E-state index in [1.165, 1.54) is 0 Å². The number of hydrogen-bond acceptors (Lipinski definition) is 3. The van der Waals surface area contributed by atoms with Crippen LogP contribution in [0.4, 0.5) is 5.69 Å². The second kappa shape index (κ2) is 6.68. The zero-order valence-corrected chi connectivity index (χ0v) is 12.2. The third kappa shape index (κ3) is 5.41. The third-order valence-electron chi connectivity index (χ3n) is 2.96. The Hall–Kier alpha value is -1.39. The fraction of sp³-hybridized carbons (Fsp3) is 0.533. The lowest BCUT2D eigenvalue weighted by Crippen LogP contribution is -2.48. The van der Waals surface area contributed by atoms with E-state index in [0.29, 0.717) is 13.1 Å². The zero-order chi connectivity index (χ0) is 14.5. The van der Waals surface area contributed by atoms with E-state index in [2.05, 4.69) is 5.32 Å². The van der Waals surface area contributed by atoms with E-state index in [9.17, 15) is 9.90 Å². The molecule has 1 aromatic rings. The number of nitrogens with zero attached hydrogens (tertiary/aromatic N) is 1. The van der Waals surface area contributed by atoms with Gasteiger partial charge in [0.2, 0.25) is 5.91 Å². The Bertz CT molecular complexity index is 398. The first-order valence-corrected chi connectivity index (χ1v) is 6.66. The van der Waals surface area contributed by atoms with Gasteiger partial charge in [-0.1, -0.05) is 25.1 Å². The van der Waals surface area contributed by atoms with Crippen LogP contribution in [0.25, 0.3) is 0 Å². The molecule has 19 heavy (non-hydrogen) atoms. The van der Waals surface area contributed by atoms with Gasteiger partial charge in [0.05, 0.1) is 11.6 Å². The summed E-state index contributed by atoms with van der Waals surface area (Å²) in [5.74, 6) is -0.0581. The number of rotatable bonds is 6. The number of para-hydroxylation sites is 1. The summed E-state index contributed by atoms with van der Waals surface area (Å²) in [6.07, 6.45) is 0. The number of carbonyl (C=O) groups excluding carboxylic acids is 1. The van der Waals surface area contributed by atoms with E-state index in [0.717, 1.165) is 5.69 Å². The van der Waals surface area contributed by atoms with Gasteiger partial charge in [-0.15, -0.1) is 0 Å². The highest BCUT2D eigenvalue weighted by atomic mass is 16.3. The van der Waals surface area contributed by atoms with Gasteiger partial charge >= 0.3 is 0 Å². The quantitative estimate of drug-likeness (QED) is 0.827. The molecule has 0 saturated carbocycles. The van der Waals surface area contributed by atoms with Crippen molar-refractivity contribution < 1.29 is 9.90 Å². The largest absolute Gasteiger partial charge is 0.389 e. The van der Waals surface area contributed by atoms with Gasteiger partial charge in [-0.2, -0.15) is 0 Å². The molecule has 0 aliphatic heterocycles. The fourth-order valence-corrected chi connectivity index (χ4v) is 1.95. The van der Waals surface area contributed by atoms with Crippen molar-refractivity contribution in [2.24, 2.45) is 0 Å². The number of hydrogen-bond donors (Lipinski definition) is 2. The van der Waals surface area contributed by atoms with E-state index in [4.69, 9.17) is 0 Å². The Morgan fingerprint density at radius 3 is 2.42 bits per heavy atom. The second-order valence-electron chi connectivity index (χ2n) is 5.41. The monoisotopic (exact) mass is 264 g/mol. The minimum Gasteiger partial charge on any atom is -0.389 e. The first kappa shape index (κ1) is 15.7. The van der Waals surface area contributed by atoms with Crippen LogP contribution in [0.15, 0.2) is 30.3 Å². The van der Waals surface area contributed by atoms with Gasteiger partial charge in [-0.05, 0) is 39.4 Å². The van der Waals surface area contributed by atoms with Crippen LogP contribution in [0, 0.1) is 0 Å². The lowest BCUT2D eigenvalue weighted by molar-refractivity contribution is -0.121. The predicted octanol–water partition coefficient (Wildman–Crippen LogP) is 2.11. The molecule has 1 amide bonds. The normalized spacial score (nSPS) is 13.4. The third-order valence-corrected chi connectivity index (χ3v) is 2.96. The molecule has 0 bridgehead atoms. The zero-order valence-electron chi connectivity index (χ0n) is 12.2. The molecule has 0 aliphatic carbocycles. The number of aliphatic hydroxyl groups is 1. The molecule has 4 nitrogen and oxygen atoms in total.